The Labute approximate surface area is 117 Å². The molecular weight excluding hydrogens is 258 g/mol. The van der Waals surface area contributed by atoms with Crippen molar-refractivity contribution < 1.29 is 9.53 Å². The zero-order valence-corrected chi connectivity index (χ0v) is 11.7. The van der Waals surface area contributed by atoms with Gasteiger partial charge in [0.25, 0.3) is 0 Å². The molecule has 3 nitrogen and oxygen atoms in total. The molecule has 0 aliphatic rings. The average molecular weight is 275 g/mol. The van der Waals surface area contributed by atoms with Crippen molar-refractivity contribution in [2.24, 2.45) is 5.73 Å². The SMILES string of the molecule is CCOC(=O)CC(N)c1cccc(-c2cccs2)c1. The fourth-order valence-electron chi connectivity index (χ4n) is 1.88. The van der Waals surface area contributed by atoms with E-state index in [4.69, 9.17) is 10.5 Å². The Bertz CT molecular complexity index is 537. The molecule has 1 aromatic heterocycles. The van der Waals surface area contributed by atoms with Gasteiger partial charge in [-0.3, -0.25) is 4.79 Å². The monoisotopic (exact) mass is 275 g/mol. The van der Waals surface area contributed by atoms with Gasteiger partial charge in [-0.05, 0) is 35.6 Å². The van der Waals surface area contributed by atoms with Crippen LogP contribution in [0.25, 0.3) is 10.4 Å². The van der Waals surface area contributed by atoms with Crippen molar-refractivity contribution in [3.63, 3.8) is 0 Å². The van der Waals surface area contributed by atoms with Gasteiger partial charge in [-0.2, -0.15) is 0 Å². The molecule has 4 heteroatoms. The van der Waals surface area contributed by atoms with E-state index < -0.39 is 0 Å². The topological polar surface area (TPSA) is 52.3 Å². The zero-order valence-electron chi connectivity index (χ0n) is 10.8. The average Bonchev–Trinajstić information content (AvgIpc) is 2.93. The lowest BCUT2D eigenvalue weighted by Gasteiger charge is -2.12. The molecule has 2 N–H and O–H groups in total. The summed E-state index contributed by atoms with van der Waals surface area (Å²) < 4.78 is 4.92. The second-order valence-electron chi connectivity index (χ2n) is 4.22. The number of carbonyl (C=O) groups is 1. The van der Waals surface area contributed by atoms with Crippen LogP contribution in [-0.4, -0.2) is 12.6 Å². The lowest BCUT2D eigenvalue weighted by atomic mass is 10.0. The van der Waals surface area contributed by atoms with Gasteiger partial charge in [0.2, 0.25) is 0 Å². The summed E-state index contributed by atoms with van der Waals surface area (Å²) in [6.45, 7) is 2.18. The summed E-state index contributed by atoms with van der Waals surface area (Å²) >= 11 is 1.69. The molecule has 0 amide bonds. The Morgan fingerprint density at radius 2 is 2.21 bits per heavy atom. The summed E-state index contributed by atoms with van der Waals surface area (Å²) in [4.78, 5) is 12.6. The highest BCUT2D eigenvalue weighted by Crippen LogP contribution is 2.27. The van der Waals surface area contributed by atoms with E-state index in [-0.39, 0.29) is 18.4 Å². The third-order valence-electron chi connectivity index (χ3n) is 2.81. The molecule has 2 rings (SSSR count). The van der Waals surface area contributed by atoms with Gasteiger partial charge in [0.15, 0.2) is 0 Å². The first-order valence-corrected chi connectivity index (χ1v) is 7.13. The van der Waals surface area contributed by atoms with Crippen LogP contribution in [0.4, 0.5) is 0 Å². The first kappa shape index (κ1) is 13.8. The van der Waals surface area contributed by atoms with Crippen LogP contribution in [0.1, 0.15) is 24.9 Å². The summed E-state index contributed by atoms with van der Waals surface area (Å²) in [5.74, 6) is -0.253. The number of nitrogens with two attached hydrogens (primary N) is 1. The standard InChI is InChI=1S/C15H17NO2S/c1-2-18-15(17)10-13(16)11-5-3-6-12(9-11)14-7-4-8-19-14/h3-9,13H,2,10,16H2,1H3. The van der Waals surface area contributed by atoms with Crippen molar-refractivity contribution in [2.45, 2.75) is 19.4 Å². The molecule has 0 saturated heterocycles. The number of rotatable bonds is 5. The highest BCUT2D eigenvalue weighted by Gasteiger charge is 2.13. The highest BCUT2D eigenvalue weighted by atomic mass is 32.1. The predicted molar refractivity (Wildman–Crippen MR) is 77.9 cm³/mol. The van der Waals surface area contributed by atoms with Gasteiger partial charge in [-0.1, -0.05) is 24.3 Å². The van der Waals surface area contributed by atoms with Crippen molar-refractivity contribution in [3.8, 4) is 10.4 Å². The third-order valence-corrected chi connectivity index (χ3v) is 3.73. The maximum atomic E-state index is 11.4. The van der Waals surface area contributed by atoms with Gasteiger partial charge in [0.05, 0.1) is 13.0 Å². The Morgan fingerprint density at radius 1 is 1.37 bits per heavy atom. The van der Waals surface area contributed by atoms with Gasteiger partial charge >= 0.3 is 5.97 Å². The van der Waals surface area contributed by atoms with Crippen LogP contribution in [0.15, 0.2) is 41.8 Å². The van der Waals surface area contributed by atoms with E-state index in [9.17, 15) is 4.79 Å². The Balaban J connectivity index is 2.12. The van der Waals surface area contributed by atoms with E-state index >= 15 is 0 Å². The Kier molecular flexibility index (Phi) is 4.71. The van der Waals surface area contributed by atoms with E-state index in [1.807, 2.05) is 35.7 Å². The quantitative estimate of drug-likeness (QED) is 0.851. The van der Waals surface area contributed by atoms with Crippen LogP contribution in [0.2, 0.25) is 0 Å². The first-order valence-electron chi connectivity index (χ1n) is 6.25. The lowest BCUT2D eigenvalue weighted by molar-refractivity contribution is -0.143. The summed E-state index contributed by atoms with van der Waals surface area (Å²) in [7, 11) is 0. The molecule has 1 unspecified atom stereocenters. The van der Waals surface area contributed by atoms with E-state index in [0.717, 1.165) is 11.1 Å². The van der Waals surface area contributed by atoms with Crippen molar-refractivity contribution in [3.05, 3.63) is 47.3 Å². The van der Waals surface area contributed by atoms with E-state index in [1.54, 1.807) is 18.3 Å². The number of hydrogen-bond acceptors (Lipinski definition) is 4. The largest absolute Gasteiger partial charge is 0.466 e. The van der Waals surface area contributed by atoms with Crippen molar-refractivity contribution in [1.82, 2.24) is 0 Å². The van der Waals surface area contributed by atoms with Crippen LogP contribution in [-0.2, 0) is 9.53 Å². The molecule has 2 aromatic rings. The number of carbonyl (C=O) groups excluding carboxylic acids is 1. The normalized spacial score (nSPS) is 12.1. The van der Waals surface area contributed by atoms with Crippen molar-refractivity contribution in [2.75, 3.05) is 6.61 Å². The van der Waals surface area contributed by atoms with Gasteiger partial charge < -0.3 is 10.5 Å². The van der Waals surface area contributed by atoms with Crippen molar-refractivity contribution >= 4 is 17.3 Å². The van der Waals surface area contributed by atoms with Crippen LogP contribution in [0.3, 0.4) is 0 Å². The summed E-state index contributed by atoms with van der Waals surface area (Å²) in [6, 6.07) is 11.8. The molecule has 1 heterocycles. The van der Waals surface area contributed by atoms with Gasteiger partial charge in [0.1, 0.15) is 0 Å². The fourth-order valence-corrected chi connectivity index (χ4v) is 2.61. The summed E-state index contributed by atoms with van der Waals surface area (Å²) in [5.41, 5.74) is 8.14. The fraction of sp³-hybridized carbons (Fsp3) is 0.267. The van der Waals surface area contributed by atoms with Crippen LogP contribution >= 0.6 is 11.3 Å². The second-order valence-corrected chi connectivity index (χ2v) is 5.17. The molecule has 0 saturated carbocycles. The van der Waals surface area contributed by atoms with Crippen molar-refractivity contribution in [1.29, 1.82) is 0 Å². The lowest BCUT2D eigenvalue weighted by Crippen LogP contribution is -2.17. The minimum absolute atomic E-state index is 0.210. The molecule has 0 aliphatic heterocycles. The third kappa shape index (κ3) is 3.66. The minimum atomic E-state index is -0.320. The number of ether oxygens (including phenoxy) is 1. The molecular formula is C15H17NO2S. The van der Waals surface area contributed by atoms with Gasteiger partial charge in [-0.15, -0.1) is 11.3 Å². The molecule has 0 fully saturated rings. The van der Waals surface area contributed by atoms with E-state index in [0.29, 0.717) is 6.61 Å². The molecule has 0 aliphatic carbocycles. The molecule has 19 heavy (non-hydrogen) atoms. The van der Waals surface area contributed by atoms with Gasteiger partial charge in [0, 0.05) is 10.9 Å². The maximum absolute atomic E-state index is 11.4. The zero-order chi connectivity index (χ0) is 13.7. The summed E-state index contributed by atoms with van der Waals surface area (Å²) in [6.07, 6.45) is 0.210. The van der Waals surface area contributed by atoms with E-state index in [2.05, 4.69) is 6.07 Å². The second kappa shape index (κ2) is 6.50. The predicted octanol–water partition coefficient (Wildman–Crippen LogP) is 3.37. The molecule has 100 valence electrons. The number of thiophene rings is 1. The highest BCUT2D eigenvalue weighted by molar-refractivity contribution is 7.13. The molecule has 0 spiro atoms. The summed E-state index contributed by atoms with van der Waals surface area (Å²) in [5, 5.41) is 2.04. The molecule has 1 atom stereocenters. The first-order chi connectivity index (χ1) is 9.20. The van der Waals surface area contributed by atoms with Crippen LogP contribution in [0, 0.1) is 0 Å². The molecule has 1 aromatic carbocycles. The Morgan fingerprint density at radius 3 is 2.89 bits per heavy atom. The Hall–Kier alpha value is -1.65. The van der Waals surface area contributed by atoms with Crippen LogP contribution < -0.4 is 5.73 Å². The number of hydrogen-bond donors (Lipinski definition) is 1. The van der Waals surface area contributed by atoms with E-state index in [1.165, 1.54) is 4.88 Å². The number of benzene rings is 1. The number of esters is 1. The molecule has 0 bridgehead atoms. The molecule has 0 radical (unpaired) electrons. The minimum Gasteiger partial charge on any atom is -0.466 e. The smallest absolute Gasteiger partial charge is 0.307 e. The maximum Gasteiger partial charge on any atom is 0.307 e. The van der Waals surface area contributed by atoms with Crippen LogP contribution in [0.5, 0.6) is 0 Å². The van der Waals surface area contributed by atoms with Gasteiger partial charge in [-0.25, -0.2) is 0 Å².